The molecular formula is C54H86O27S. The van der Waals surface area contributed by atoms with Crippen molar-refractivity contribution < 1.29 is 130 Å². The van der Waals surface area contributed by atoms with Gasteiger partial charge in [0.15, 0.2) is 30.8 Å². The van der Waals surface area contributed by atoms with Gasteiger partial charge in [0.05, 0.1) is 43.7 Å². The van der Waals surface area contributed by atoms with Crippen molar-refractivity contribution in [3.63, 3.8) is 0 Å². The highest BCUT2D eigenvalue weighted by molar-refractivity contribution is 7.80. The molecule has 6 heterocycles. The molecule has 82 heavy (non-hydrogen) atoms. The van der Waals surface area contributed by atoms with Crippen molar-refractivity contribution >= 4 is 16.4 Å². The first-order valence-corrected chi connectivity index (χ1v) is 30.0. The number of cyclic esters (lactones) is 1. The molecule has 28 heteroatoms. The Morgan fingerprint density at radius 1 is 0.659 bits per heavy atom. The minimum Gasteiger partial charge on any atom is -0.453 e. The van der Waals surface area contributed by atoms with Crippen LogP contribution in [0.25, 0.3) is 0 Å². The van der Waals surface area contributed by atoms with E-state index in [9.17, 15) is 73.9 Å². The molecule has 470 valence electrons. The van der Waals surface area contributed by atoms with Gasteiger partial charge in [-0.3, -0.25) is 9.35 Å². The second-order valence-electron chi connectivity index (χ2n) is 26.5. The molecule has 0 aromatic rings. The van der Waals surface area contributed by atoms with E-state index >= 15 is 0 Å². The molecule has 0 amide bonds. The Hall–Kier alpha value is -1.76. The van der Waals surface area contributed by atoms with Crippen molar-refractivity contribution in [3.05, 3.63) is 11.6 Å². The van der Waals surface area contributed by atoms with Crippen LogP contribution < -0.4 is 0 Å². The number of hydrogen-bond acceptors (Lipinski definition) is 26. The van der Waals surface area contributed by atoms with Gasteiger partial charge in [-0.1, -0.05) is 39.3 Å². The molecule has 3 saturated carbocycles. The van der Waals surface area contributed by atoms with Gasteiger partial charge >= 0.3 is 16.4 Å². The average molecular weight is 1200 g/mol. The summed E-state index contributed by atoms with van der Waals surface area (Å²) >= 11 is 0. The molecular weight excluding hydrogens is 1110 g/mol. The zero-order valence-corrected chi connectivity index (χ0v) is 48.4. The maximum Gasteiger partial charge on any atom is 0.397 e. The summed E-state index contributed by atoms with van der Waals surface area (Å²) in [6.45, 7) is 13.1. The fourth-order valence-corrected chi connectivity index (χ4v) is 17.5. The average Bonchev–Trinajstić information content (AvgIpc) is 1.46. The maximum absolute atomic E-state index is 14.7. The number of aliphatic hydroxyl groups is 11. The van der Waals surface area contributed by atoms with Crippen molar-refractivity contribution in [2.45, 2.75) is 259 Å². The third-order valence-corrected chi connectivity index (χ3v) is 21.9. The highest BCUT2D eigenvalue weighted by Crippen LogP contribution is 2.77. The van der Waals surface area contributed by atoms with E-state index in [1.165, 1.54) is 14.0 Å². The molecule has 6 saturated heterocycles. The number of fused-ring (bicyclic) bond motifs is 4. The molecule has 0 aromatic carbocycles. The number of rotatable bonds is 14. The highest BCUT2D eigenvalue weighted by atomic mass is 32.3. The van der Waals surface area contributed by atoms with E-state index in [4.69, 9.17) is 56.3 Å². The zero-order chi connectivity index (χ0) is 60.0. The standard InChI is InChI=1S/C54H86O27S/c1-22-39(76-45-38(64)41(33(59)26(20-56)74-45)77-44-37(63)40(70-9)32(58)25(19-55)73-44)35(61)36(62)43(72-22)78-42-34(60)27(81-82(67,68)69)21-71-46(42)75-30-13-15-50(6)24-18-29(57)54-47(65)80-52(8,31-12-14-48(2,3)79-31)53(54,66)17-16-51(54,7)23(24)10-11-28(50)49(30,4)5/h18,22-23,25-46,55-64,66H,10-17,19-21H2,1-9H3,(H,67,68,69)/t22-,23?,25-,26-,27-,28?,29+,30+,31+,32-,33-,34+,35-,36-,37-,38-,39-,40+,41+,42-,43+,44+,45+,46+,50-,51+,52+,53+,54-/m1/s1. The van der Waals surface area contributed by atoms with Crippen LogP contribution in [0.1, 0.15) is 107 Å². The summed E-state index contributed by atoms with van der Waals surface area (Å²) in [5.74, 6) is -0.972. The number of carbonyl (C=O) groups is 1. The molecule has 6 aliphatic heterocycles. The Bertz CT molecular complexity index is 2490. The maximum atomic E-state index is 14.7. The van der Waals surface area contributed by atoms with Crippen molar-refractivity contribution in [1.29, 1.82) is 0 Å². The first kappa shape index (κ1) is 63.3. The molecule has 10 aliphatic rings. The van der Waals surface area contributed by atoms with E-state index in [-0.39, 0.29) is 18.3 Å². The predicted molar refractivity (Wildman–Crippen MR) is 273 cm³/mol. The lowest BCUT2D eigenvalue weighted by Gasteiger charge is -2.64. The molecule has 29 atom stereocenters. The summed E-state index contributed by atoms with van der Waals surface area (Å²) in [4.78, 5) is 14.7. The summed E-state index contributed by atoms with van der Waals surface area (Å²) < 4.78 is 104. The number of allylic oxidation sites excluding steroid dienone is 1. The van der Waals surface area contributed by atoms with Crippen LogP contribution in [0.2, 0.25) is 0 Å². The van der Waals surface area contributed by atoms with Crippen LogP contribution in [0.5, 0.6) is 0 Å². The van der Waals surface area contributed by atoms with Gasteiger partial charge in [0.2, 0.25) is 0 Å². The fraction of sp³-hybridized carbons (Fsp3) is 0.944. The normalized spacial score (nSPS) is 53.6. The monoisotopic (exact) mass is 1200 g/mol. The van der Waals surface area contributed by atoms with Gasteiger partial charge in [0.25, 0.3) is 0 Å². The lowest BCUT2D eigenvalue weighted by atomic mass is 9.40. The van der Waals surface area contributed by atoms with Gasteiger partial charge in [-0.05, 0) is 107 Å². The molecule has 0 radical (unpaired) electrons. The van der Waals surface area contributed by atoms with Crippen LogP contribution in [0.15, 0.2) is 11.6 Å². The van der Waals surface area contributed by atoms with Crippen LogP contribution in [-0.4, -0.2) is 254 Å². The van der Waals surface area contributed by atoms with Crippen LogP contribution in [-0.2, 0) is 71.5 Å². The Kier molecular flexibility index (Phi) is 17.0. The quantitative estimate of drug-likeness (QED) is 0.0378. The first-order chi connectivity index (χ1) is 38.2. The lowest BCUT2D eigenvalue weighted by Crippen LogP contribution is -2.69. The topological polar surface area (TPSA) is 405 Å². The first-order valence-electron chi connectivity index (χ1n) is 28.6. The number of methoxy groups -OCH3 is 1. The van der Waals surface area contributed by atoms with Crippen molar-refractivity contribution in [2.24, 2.45) is 33.5 Å². The number of ether oxygens (including phenoxy) is 11. The molecule has 2 unspecified atom stereocenters. The minimum absolute atomic E-state index is 0.131. The number of hydrogen-bond donors (Lipinski definition) is 12. The molecule has 12 N–H and O–H groups in total. The molecule has 0 bridgehead atoms. The van der Waals surface area contributed by atoms with Gasteiger partial charge in [-0.2, -0.15) is 8.42 Å². The van der Waals surface area contributed by atoms with E-state index in [0.29, 0.717) is 44.9 Å². The molecule has 10 rings (SSSR count). The van der Waals surface area contributed by atoms with Gasteiger partial charge < -0.3 is 108 Å². The third-order valence-electron chi connectivity index (χ3n) is 21.4. The Morgan fingerprint density at radius 3 is 1.85 bits per heavy atom. The van der Waals surface area contributed by atoms with Crippen molar-refractivity contribution in [3.8, 4) is 0 Å². The second-order valence-corrected chi connectivity index (χ2v) is 27.5. The van der Waals surface area contributed by atoms with E-state index in [1.807, 2.05) is 34.6 Å². The molecule has 9 fully saturated rings. The van der Waals surface area contributed by atoms with Crippen LogP contribution in [0.3, 0.4) is 0 Å². The summed E-state index contributed by atoms with van der Waals surface area (Å²) in [5, 5.41) is 125. The molecule has 1 spiro atoms. The van der Waals surface area contributed by atoms with Gasteiger partial charge in [0.1, 0.15) is 103 Å². The smallest absolute Gasteiger partial charge is 0.397 e. The van der Waals surface area contributed by atoms with Crippen LogP contribution in [0, 0.1) is 33.5 Å². The van der Waals surface area contributed by atoms with Gasteiger partial charge in [-0.15, -0.1) is 0 Å². The minimum atomic E-state index is -5.19. The summed E-state index contributed by atoms with van der Waals surface area (Å²) in [6, 6.07) is 0. The van der Waals surface area contributed by atoms with Crippen LogP contribution in [0.4, 0.5) is 0 Å². The van der Waals surface area contributed by atoms with Crippen LogP contribution >= 0.6 is 0 Å². The Balaban J connectivity index is 0.852. The fourth-order valence-electron chi connectivity index (χ4n) is 17.0. The van der Waals surface area contributed by atoms with E-state index in [1.54, 1.807) is 13.0 Å². The van der Waals surface area contributed by atoms with Gasteiger partial charge in [0, 0.05) is 7.11 Å². The predicted octanol–water partition coefficient (Wildman–Crippen LogP) is -2.26. The number of aliphatic hydroxyl groups excluding tert-OH is 10. The molecule has 4 aliphatic carbocycles. The van der Waals surface area contributed by atoms with E-state index in [0.717, 1.165) is 5.57 Å². The van der Waals surface area contributed by atoms with E-state index < -0.39 is 210 Å². The number of esters is 1. The van der Waals surface area contributed by atoms with Crippen molar-refractivity contribution in [1.82, 2.24) is 0 Å². The SMILES string of the molecule is CO[C@@H]1[C@@H](O)[C@H](O[C@@H]2[C@@H](O)[C@H](O[C@H]3[C@H](O)[C@@H](O)[C@H](O[C@H]4[C@H](O[C@H]5CC[C@]6(C)C7=C[C@H](O)[C@]89C(=O)O[C@@](C)([C@@H]%10CCC(C)(C)O%10)[C@@]8(O)CC[C@@]9(C)C7CCC6C5(C)C)OC[C@@H](OS(=O)(=O)O)[C@@H]4O)O[C@@H]3C)O[C@H](CO)[C@H]2O)O[C@H](CO)[C@H]1O. The highest BCUT2D eigenvalue weighted by Gasteiger charge is 2.87. The number of carbonyl (C=O) groups excluding carboxylic acids is 1. The summed E-state index contributed by atoms with van der Waals surface area (Å²) in [5.41, 5.74) is -6.49. The second kappa shape index (κ2) is 22.1. The molecule has 0 aromatic heterocycles. The zero-order valence-electron chi connectivity index (χ0n) is 47.6. The van der Waals surface area contributed by atoms with E-state index in [2.05, 4.69) is 6.92 Å². The molecule has 27 nitrogen and oxygen atoms in total. The summed E-state index contributed by atoms with van der Waals surface area (Å²) in [7, 11) is -4.02. The summed E-state index contributed by atoms with van der Waals surface area (Å²) in [6.07, 6.45) is -29.1. The largest absolute Gasteiger partial charge is 0.453 e. The van der Waals surface area contributed by atoms with Gasteiger partial charge in [-0.25, -0.2) is 4.18 Å². The Labute approximate surface area is 475 Å². The Morgan fingerprint density at radius 2 is 1.26 bits per heavy atom. The van der Waals surface area contributed by atoms with Crippen molar-refractivity contribution in [2.75, 3.05) is 26.9 Å². The third kappa shape index (κ3) is 9.71. The lowest BCUT2D eigenvalue weighted by molar-refractivity contribution is -0.389.